The van der Waals surface area contributed by atoms with E-state index < -0.39 is 10.0 Å². The fraction of sp³-hybridized carbons (Fsp3) is 0.667. The molecule has 6 nitrogen and oxygen atoms in total. The largest absolute Gasteiger partial charge is 0.354 e. The lowest BCUT2D eigenvalue weighted by Crippen LogP contribution is -2.48. The number of nitrogens with one attached hydrogen (secondary N) is 1. The number of aromatic nitrogens is 2. The fourth-order valence-corrected chi connectivity index (χ4v) is 4.34. The summed E-state index contributed by atoms with van der Waals surface area (Å²) < 4.78 is 26.8. The van der Waals surface area contributed by atoms with Gasteiger partial charge in [0.1, 0.15) is 11.3 Å². The molecule has 8 heteroatoms. The van der Waals surface area contributed by atoms with Crippen LogP contribution in [0.1, 0.15) is 25.7 Å². The van der Waals surface area contributed by atoms with Crippen LogP contribution in [0.4, 0.5) is 5.82 Å². The Morgan fingerprint density at radius 2 is 2.15 bits per heavy atom. The highest BCUT2D eigenvalue weighted by atomic mass is 35.5. The zero-order valence-electron chi connectivity index (χ0n) is 11.0. The minimum absolute atomic E-state index is 0.0691. The smallest absolute Gasteiger partial charge is 0.214 e. The minimum Gasteiger partial charge on any atom is -0.354 e. The van der Waals surface area contributed by atoms with Gasteiger partial charge in [0.2, 0.25) is 10.0 Å². The van der Waals surface area contributed by atoms with Crippen LogP contribution in [0.2, 0.25) is 5.02 Å². The lowest BCUT2D eigenvalue weighted by Gasteiger charge is -2.34. The van der Waals surface area contributed by atoms with Crippen LogP contribution in [0, 0.1) is 0 Å². The van der Waals surface area contributed by atoms with E-state index in [1.165, 1.54) is 6.33 Å². The highest BCUT2D eigenvalue weighted by Crippen LogP contribution is 2.29. The first kappa shape index (κ1) is 14.0. The Kier molecular flexibility index (Phi) is 3.83. The summed E-state index contributed by atoms with van der Waals surface area (Å²) in [6.07, 6.45) is 6.34. The van der Waals surface area contributed by atoms with Crippen LogP contribution in [0.5, 0.6) is 0 Å². The zero-order valence-corrected chi connectivity index (χ0v) is 12.6. The second kappa shape index (κ2) is 5.46. The molecule has 110 valence electrons. The summed E-state index contributed by atoms with van der Waals surface area (Å²) in [6, 6.07) is -0.0691. The van der Waals surface area contributed by atoms with Gasteiger partial charge in [-0.05, 0) is 25.7 Å². The number of hydrogen-bond donors (Lipinski definition) is 1. The molecule has 2 aliphatic rings. The Bertz CT molecular complexity index is 591. The number of halogens is 1. The van der Waals surface area contributed by atoms with Crippen LogP contribution in [0.15, 0.2) is 12.5 Å². The monoisotopic (exact) mass is 316 g/mol. The Morgan fingerprint density at radius 3 is 2.85 bits per heavy atom. The van der Waals surface area contributed by atoms with E-state index in [-0.39, 0.29) is 11.3 Å². The fourth-order valence-electron chi connectivity index (χ4n) is 2.51. The van der Waals surface area contributed by atoms with E-state index in [1.807, 2.05) is 4.90 Å². The third kappa shape index (κ3) is 3.05. The molecule has 1 aromatic rings. The molecule has 3 rings (SSSR count). The zero-order chi connectivity index (χ0) is 14.2. The molecule has 0 bridgehead atoms. The van der Waals surface area contributed by atoms with Crippen LogP contribution >= 0.6 is 11.6 Å². The Morgan fingerprint density at radius 1 is 1.35 bits per heavy atom. The molecule has 2 fully saturated rings. The summed E-state index contributed by atoms with van der Waals surface area (Å²) in [7, 11) is -3.14. The van der Waals surface area contributed by atoms with Gasteiger partial charge in [-0.25, -0.2) is 23.1 Å². The van der Waals surface area contributed by atoms with Gasteiger partial charge in [0.25, 0.3) is 0 Å². The molecule has 2 heterocycles. The Balaban J connectivity index is 1.69. The van der Waals surface area contributed by atoms with Crippen LogP contribution in [0.25, 0.3) is 0 Å². The van der Waals surface area contributed by atoms with Crippen molar-refractivity contribution >= 4 is 27.4 Å². The van der Waals surface area contributed by atoms with Crippen molar-refractivity contribution in [2.75, 3.05) is 18.0 Å². The molecule has 1 saturated heterocycles. The lowest BCUT2D eigenvalue weighted by atomic mass is 10.1. The van der Waals surface area contributed by atoms with Crippen molar-refractivity contribution in [2.24, 2.45) is 0 Å². The molecule has 0 aromatic carbocycles. The molecular weight excluding hydrogens is 300 g/mol. The molecule has 1 aliphatic heterocycles. The van der Waals surface area contributed by atoms with Gasteiger partial charge in [0.15, 0.2) is 5.82 Å². The highest BCUT2D eigenvalue weighted by Gasteiger charge is 2.37. The molecule has 1 aliphatic carbocycles. The van der Waals surface area contributed by atoms with E-state index >= 15 is 0 Å². The normalized spacial score (nSPS) is 23.9. The van der Waals surface area contributed by atoms with Crippen LogP contribution in [0.3, 0.4) is 0 Å². The summed E-state index contributed by atoms with van der Waals surface area (Å²) in [5.74, 6) is 0.678. The maximum Gasteiger partial charge on any atom is 0.214 e. The van der Waals surface area contributed by atoms with Gasteiger partial charge >= 0.3 is 0 Å². The molecule has 20 heavy (non-hydrogen) atoms. The van der Waals surface area contributed by atoms with Crippen LogP contribution < -0.4 is 9.62 Å². The summed E-state index contributed by atoms with van der Waals surface area (Å²) in [5, 5.41) is 0.318. The predicted molar refractivity (Wildman–Crippen MR) is 77.4 cm³/mol. The summed E-state index contributed by atoms with van der Waals surface area (Å²) in [6.45, 7) is 1.43. The van der Waals surface area contributed by atoms with E-state index in [0.717, 1.165) is 32.2 Å². The lowest BCUT2D eigenvalue weighted by molar-refractivity contribution is 0.463. The third-order valence-electron chi connectivity index (χ3n) is 3.66. The second-order valence-corrected chi connectivity index (χ2v) is 7.74. The van der Waals surface area contributed by atoms with E-state index in [4.69, 9.17) is 11.6 Å². The molecule has 1 saturated carbocycles. The van der Waals surface area contributed by atoms with Crippen LogP contribution in [-0.4, -0.2) is 42.8 Å². The molecule has 1 aromatic heterocycles. The Labute approximate surface area is 123 Å². The van der Waals surface area contributed by atoms with E-state index in [2.05, 4.69) is 14.7 Å². The Hall–Kier alpha value is -0.920. The summed E-state index contributed by atoms with van der Waals surface area (Å²) in [4.78, 5) is 10.1. The van der Waals surface area contributed by atoms with E-state index in [9.17, 15) is 8.42 Å². The molecule has 0 spiro atoms. The molecule has 1 N–H and O–H groups in total. The van der Waals surface area contributed by atoms with E-state index in [1.54, 1.807) is 6.20 Å². The van der Waals surface area contributed by atoms with E-state index in [0.29, 0.717) is 17.4 Å². The minimum atomic E-state index is -3.14. The van der Waals surface area contributed by atoms with Crippen molar-refractivity contribution in [2.45, 2.75) is 37.0 Å². The molecule has 1 atom stereocenters. The van der Waals surface area contributed by atoms with Crippen molar-refractivity contribution in [3.63, 3.8) is 0 Å². The highest BCUT2D eigenvalue weighted by molar-refractivity contribution is 7.90. The first-order chi connectivity index (χ1) is 9.56. The van der Waals surface area contributed by atoms with Crippen LogP contribution in [-0.2, 0) is 10.0 Å². The van der Waals surface area contributed by atoms with Gasteiger partial charge in [-0.15, -0.1) is 0 Å². The predicted octanol–water partition coefficient (Wildman–Crippen LogP) is 1.18. The molecule has 1 unspecified atom stereocenters. The topological polar surface area (TPSA) is 75.2 Å². The van der Waals surface area contributed by atoms with Crippen molar-refractivity contribution in [1.29, 1.82) is 0 Å². The maximum absolute atomic E-state index is 12.0. The molecule has 0 amide bonds. The first-order valence-corrected chi connectivity index (χ1v) is 8.70. The van der Waals surface area contributed by atoms with Crippen molar-refractivity contribution in [3.8, 4) is 0 Å². The van der Waals surface area contributed by atoms with Crippen molar-refractivity contribution in [1.82, 2.24) is 14.7 Å². The van der Waals surface area contributed by atoms with Gasteiger partial charge in [0, 0.05) is 19.1 Å². The average Bonchev–Trinajstić information content (AvgIpc) is 3.23. The number of piperidine rings is 1. The van der Waals surface area contributed by atoms with Gasteiger partial charge in [-0.1, -0.05) is 11.6 Å². The van der Waals surface area contributed by atoms with Gasteiger partial charge in [-0.2, -0.15) is 0 Å². The third-order valence-corrected chi connectivity index (χ3v) is 5.94. The number of nitrogens with zero attached hydrogens (tertiary/aromatic N) is 3. The van der Waals surface area contributed by atoms with Gasteiger partial charge < -0.3 is 4.90 Å². The van der Waals surface area contributed by atoms with Crippen molar-refractivity contribution in [3.05, 3.63) is 17.5 Å². The first-order valence-electron chi connectivity index (χ1n) is 6.78. The number of sulfonamides is 1. The SMILES string of the molecule is O=S(=O)(NC1CCCN(c2ncncc2Cl)C1)C1CC1. The standard InChI is InChI=1S/C12H17ClN4O2S/c13-11-6-14-8-15-12(11)17-5-1-2-9(7-17)16-20(18,19)10-3-4-10/h6,8-10,16H,1-5,7H2. The quantitative estimate of drug-likeness (QED) is 0.903. The number of hydrogen-bond acceptors (Lipinski definition) is 5. The second-order valence-electron chi connectivity index (χ2n) is 5.34. The number of rotatable bonds is 4. The maximum atomic E-state index is 12.0. The average molecular weight is 317 g/mol. The number of anilines is 1. The van der Waals surface area contributed by atoms with Crippen molar-refractivity contribution < 1.29 is 8.42 Å². The van der Waals surface area contributed by atoms with Gasteiger partial charge in [-0.3, -0.25) is 0 Å². The van der Waals surface area contributed by atoms with Gasteiger partial charge in [0.05, 0.1) is 11.4 Å². The molecule has 0 radical (unpaired) electrons. The molecular formula is C12H17ClN4O2S. The summed E-state index contributed by atoms with van der Waals surface area (Å²) in [5.41, 5.74) is 0. The summed E-state index contributed by atoms with van der Waals surface area (Å²) >= 11 is 6.09.